The molecular formula is C12H22N2O4. The van der Waals surface area contributed by atoms with Crippen molar-refractivity contribution in [2.75, 3.05) is 34.4 Å². The lowest BCUT2D eigenvalue weighted by atomic mass is 10.1. The Bertz CT molecular complexity index is 308. The molecule has 3 atom stereocenters. The summed E-state index contributed by atoms with van der Waals surface area (Å²) in [5.41, 5.74) is 0. The second kappa shape index (κ2) is 6.70. The van der Waals surface area contributed by atoms with Crippen molar-refractivity contribution in [2.24, 2.45) is 5.92 Å². The highest BCUT2D eigenvalue weighted by Crippen LogP contribution is 2.12. The van der Waals surface area contributed by atoms with Crippen molar-refractivity contribution < 1.29 is 19.1 Å². The normalized spacial score (nSPS) is 24.7. The fourth-order valence-electron chi connectivity index (χ4n) is 2.11. The molecule has 1 N–H and O–H groups in total. The van der Waals surface area contributed by atoms with E-state index in [0.717, 1.165) is 0 Å². The summed E-state index contributed by atoms with van der Waals surface area (Å²) in [6.45, 7) is 2.80. The van der Waals surface area contributed by atoms with Crippen LogP contribution in [0.25, 0.3) is 0 Å². The Kier molecular flexibility index (Phi) is 5.55. The molecule has 0 radical (unpaired) electrons. The first-order valence-electron chi connectivity index (χ1n) is 6.08. The average Bonchev–Trinajstić information content (AvgIpc) is 2.85. The minimum absolute atomic E-state index is 0.00898. The van der Waals surface area contributed by atoms with Gasteiger partial charge in [0.25, 0.3) is 0 Å². The average molecular weight is 258 g/mol. The van der Waals surface area contributed by atoms with Crippen molar-refractivity contribution in [1.82, 2.24) is 10.2 Å². The van der Waals surface area contributed by atoms with Crippen LogP contribution in [0.3, 0.4) is 0 Å². The lowest BCUT2D eigenvalue weighted by Crippen LogP contribution is -2.44. The van der Waals surface area contributed by atoms with Crippen LogP contribution in [0, 0.1) is 5.92 Å². The third-order valence-electron chi connectivity index (χ3n) is 3.25. The van der Waals surface area contributed by atoms with Crippen molar-refractivity contribution in [3.05, 3.63) is 0 Å². The van der Waals surface area contributed by atoms with Gasteiger partial charge in [0.1, 0.15) is 0 Å². The third kappa shape index (κ3) is 3.68. The fraction of sp³-hybridized carbons (Fsp3) is 0.833. The summed E-state index contributed by atoms with van der Waals surface area (Å²) in [5, 5.41) is 3.12. The smallest absolute Gasteiger partial charge is 0.310 e. The van der Waals surface area contributed by atoms with Gasteiger partial charge in [0, 0.05) is 27.2 Å². The summed E-state index contributed by atoms with van der Waals surface area (Å²) < 4.78 is 9.84. The number of carbonyl (C=O) groups is 2. The van der Waals surface area contributed by atoms with E-state index in [0.29, 0.717) is 19.5 Å². The molecule has 1 fully saturated rings. The fourth-order valence-corrected chi connectivity index (χ4v) is 2.11. The Morgan fingerprint density at radius 2 is 2.11 bits per heavy atom. The number of hydrogen-bond acceptors (Lipinski definition) is 5. The minimum atomic E-state index is -0.316. The quantitative estimate of drug-likeness (QED) is 0.682. The highest BCUT2D eigenvalue weighted by Gasteiger charge is 2.32. The summed E-state index contributed by atoms with van der Waals surface area (Å²) in [7, 11) is 4.69. The summed E-state index contributed by atoms with van der Waals surface area (Å²) >= 11 is 0. The molecule has 1 heterocycles. The van der Waals surface area contributed by atoms with Crippen molar-refractivity contribution in [2.45, 2.75) is 25.5 Å². The van der Waals surface area contributed by atoms with Crippen LogP contribution in [-0.2, 0) is 19.1 Å². The lowest BCUT2D eigenvalue weighted by molar-refractivity contribution is -0.146. The van der Waals surface area contributed by atoms with E-state index in [-0.39, 0.29) is 29.9 Å². The molecule has 6 nitrogen and oxygen atoms in total. The third-order valence-corrected chi connectivity index (χ3v) is 3.25. The van der Waals surface area contributed by atoms with Crippen LogP contribution in [0.1, 0.15) is 13.3 Å². The number of ether oxygens (including phenoxy) is 2. The predicted octanol–water partition coefficient (Wildman–Crippen LogP) is -0.369. The SMILES string of the molecule is COC(=O)C(C)CN(C)C(=O)C1CC(OC)CN1. The van der Waals surface area contributed by atoms with E-state index in [1.165, 1.54) is 7.11 Å². The molecule has 3 unspecified atom stereocenters. The first kappa shape index (κ1) is 14.9. The zero-order valence-electron chi connectivity index (χ0n) is 11.4. The molecule has 6 heteroatoms. The first-order valence-corrected chi connectivity index (χ1v) is 6.08. The van der Waals surface area contributed by atoms with Crippen molar-refractivity contribution in [3.8, 4) is 0 Å². The maximum Gasteiger partial charge on any atom is 0.310 e. The van der Waals surface area contributed by atoms with Gasteiger partial charge in [0.05, 0.1) is 25.2 Å². The molecule has 18 heavy (non-hydrogen) atoms. The molecule has 0 aliphatic carbocycles. The molecule has 0 saturated carbocycles. The number of methoxy groups -OCH3 is 2. The van der Waals surface area contributed by atoms with Gasteiger partial charge < -0.3 is 19.7 Å². The van der Waals surface area contributed by atoms with E-state index >= 15 is 0 Å². The van der Waals surface area contributed by atoms with Gasteiger partial charge in [-0.1, -0.05) is 6.92 Å². The molecule has 1 aliphatic heterocycles. The monoisotopic (exact) mass is 258 g/mol. The van der Waals surface area contributed by atoms with Gasteiger partial charge >= 0.3 is 5.97 Å². The Morgan fingerprint density at radius 1 is 1.44 bits per heavy atom. The lowest BCUT2D eigenvalue weighted by Gasteiger charge is -2.23. The molecular weight excluding hydrogens is 236 g/mol. The Hall–Kier alpha value is -1.14. The van der Waals surface area contributed by atoms with E-state index in [4.69, 9.17) is 4.74 Å². The number of nitrogens with one attached hydrogen (secondary N) is 1. The maximum atomic E-state index is 12.1. The molecule has 0 aromatic carbocycles. The van der Waals surface area contributed by atoms with Crippen molar-refractivity contribution in [1.29, 1.82) is 0 Å². The molecule has 1 aliphatic rings. The molecule has 0 aromatic heterocycles. The number of hydrogen-bond donors (Lipinski definition) is 1. The van der Waals surface area contributed by atoms with Gasteiger partial charge in [-0.3, -0.25) is 9.59 Å². The van der Waals surface area contributed by atoms with E-state index < -0.39 is 0 Å². The van der Waals surface area contributed by atoms with Crippen molar-refractivity contribution in [3.63, 3.8) is 0 Å². The zero-order valence-corrected chi connectivity index (χ0v) is 11.4. The Morgan fingerprint density at radius 3 is 2.61 bits per heavy atom. The first-order chi connectivity index (χ1) is 8.49. The highest BCUT2D eigenvalue weighted by atomic mass is 16.5. The van der Waals surface area contributed by atoms with Gasteiger partial charge in [-0.05, 0) is 6.42 Å². The second-order valence-corrected chi connectivity index (χ2v) is 4.70. The summed E-state index contributed by atoms with van der Waals surface area (Å²) in [6.07, 6.45) is 0.761. The molecule has 1 amide bonds. The van der Waals surface area contributed by atoms with E-state index in [1.54, 1.807) is 26.0 Å². The topological polar surface area (TPSA) is 67.9 Å². The molecule has 1 saturated heterocycles. The number of amides is 1. The molecule has 104 valence electrons. The van der Waals surface area contributed by atoms with E-state index in [1.807, 2.05) is 0 Å². The Balaban J connectivity index is 2.44. The Labute approximate surface area is 108 Å². The van der Waals surface area contributed by atoms with Gasteiger partial charge in [0.15, 0.2) is 0 Å². The van der Waals surface area contributed by atoms with Gasteiger partial charge in [-0.2, -0.15) is 0 Å². The number of carbonyl (C=O) groups excluding carboxylic acids is 2. The van der Waals surface area contributed by atoms with Gasteiger partial charge in [0.2, 0.25) is 5.91 Å². The molecule has 1 rings (SSSR count). The number of nitrogens with zero attached hydrogens (tertiary/aromatic N) is 1. The summed E-state index contributed by atoms with van der Waals surface area (Å²) in [4.78, 5) is 25.0. The summed E-state index contributed by atoms with van der Waals surface area (Å²) in [5.74, 6) is -0.627. The highest BCUT2D eigenvalue weighted by molar-refractivity contribution is 5.82. The van der Waals surface area contributed by atoms with Gasteiger partial charge in [-0.15, -0.1) is 0 Å². The molecule has 0 spiro atoms. The maximum absolute atomic E-state index is 12.1. The molecule has 0 aromatic rings. The standard InChI is InChI=1S/C12H22N2O4/c1-8(12(16)18-4)7-14(2)11(15)10-5-9(17-3)6-13-10/h8-10,13H,5-7H2,1-4H3. The van der Waals surface area contributed by atoms with Crippen LogP contribution >= 0.6 is 0 Å². The van der Waals surface area contributed by atoms with Crippen molar-refractivity contribution >= 4 is 11.9 Å². The largest absolute Gasteiger partial charge is 0.469 e. The zero-order chi connectivity index (χ0) is 13.7. The van der Waals surface area contributed by atoms with Gasteiger partial charge in [-0.25, -0.2) is 0 Å². The number of rotatable bonds is 5. The van der Waals surface area contributed by atoms with Crippen LogP contribution in [0.2, 0.25) is 0 Å². The van der Waals surface area contributed by atoms with Crippen LogP contribution in [0.4, 0.5) is 0 Å². The van der Waals surface area contributed by atoms with Crippen LogP contribution in [0.15, 0.2) is 0 Å². The van der Waals surface area contributed by atoms with Crippen LogP contribution in [0.5, 0.6) is 0 Å². The molecule has 0 bridgehead atoms. The number of esters is 1. The number of likely N-dealkylation sites (N-methyl/N-ethyl adjacent to an activating group) is 1. The predicted molar refractivity (Wildman–Crippen MR) is 66.0 cm³/mol. The second-order valence-electron chi connectivity index (χ2n) is 4.70. The van der Waals surface area contributed by atoms with Crippen LogP contribution in [-0.4, -0.2) is 63.3 Å². The van der Waals surface area contributed by atoms with Crippen LogP contribution < -0.4 is 5.32 Å². The van der Waals surface area contributed by atoms with E-state index in [2.05, 4.69) is 10.1 Å². The van der Waals surface area contributed by atoms with E-state index in [9.17, 15) is 9.59 Å². The summed E-state index contributed by atoms with van der Waals surface area (Å²) in [6, 6.07) is -0.218. The minimum Gasteiger partial charge on any atom is -0.469 e.